The molecule has 0 heterocycles. The van der Waals surface area contributed by atoms with Crippen molar-refractivity contribution in [2.45, 2.75) is 19.8 Å². The Morgan fingerprint density at radius 1 is 1.06 bits per heavy atom. The number of ether oxygens (including phenoxy) is 1. The molecule has 0 aliphatic rings. The molecular weight excluding hydrogens is 216 g/mol. The number of fused-ring (bicyclic) bond motifs is 1. The summed E-state index contributed by atoms with van der Waals surface area (Å²) in [5.41, 5.74) is 0.672. The summed E-state index contributed by atoms with van der Waals surface area (Å²) in [7, 11) is 1.50. The molecule has 0 unspecified atom stereocenters. The minimum atomic E-state index is 0.101. The second-order valence-corrected chi connectivity index (χ2v) is 4.00. The normalized spacial score (nSPS) is 10.7. The summed E-state index contributed by atoms with van der Waals surface area (Å²) >= 11 is 0. The van der Waals surface area contributed by atoms with E-state index in [1.807, 2.05) is 19.1 Å². The largest absolute Gasteiger partial charge is 0.507 e. The van der Waals surface area contributed by atoms with Crippen LogP contribution in [-0.2, 0) is 6.42 Å². The van der Waals surface area contributed by atoms with Crippen molar-refractivity contribution in [3.05, 3.63) is 29.8 Å². The number of benzene rings is 2. The van der Waals surface area contributed by atoms with Gasteiger partial charge in [0.15, 0.2) is 11.5 Å². The van der Waals surface area contributed by atoms with Crippen LogP contribution >= 0.6 is 0 Å². The van der Waals surface area contributed by atoms with Gasteiger partial charge in [0.1, 0.15) is 5.75 Å². The van der Waals surface area contributed by atoms with E-state index >= 15 is 0 Å². The maximum atomic E-state index is 10.2. The van der Waals surface area contributed by atoms with Gasteiger partial charge in [0.2, 0.25) is 0 Å². The van der Waals surface area contributed by atoms with Gasteiger partial charge in [-0.15, -0.1) is 0 Å². The van der Waals surface area contributed by atoms with Crippen molar-refractivity contribution in [3.63, 3.8) is 0 Å². The lowest BCUT2D eigenvalue weighted by molar-refractivity contribution is 0.366. The van der Waals surface area contributed by atoms with Crippen molar-refractivity contribution in [1.29, 1.82) is 0 Å². The molecule has 0 amide bonds. The van der Waals surface area contributed by atoms with Gasteiger partial charge in [0, 0.05) is 16.3 Å². The first-order valence-corrected chi connectivity index (χ1v) is 5.70. The van der Waals surface area contributed by atoms with E-state index in [-0.39, 0.29) is 11.5 Å². The van der Waals surface area contributed by atoms with E-state index in [2.05, 4.69) is 0 Å². The molecule has 3 nitrogen and oxygen atoms in total. The quantitative estimate of drug-likeness (QED) is 0.799. The van der Waals surface area contributed by atoms with Crippen LogP contribution in [0.4, 0.5) is 0 Å². The van der Waals surface area contributed by atoms with Crippen LogP contribution in [0.15, 0.2) is 24.3 Å². The Morgan fingerprint density at radius 2 is 1.65 bits per heavy atom. The van der Waals surface area contributed by atoms with E-state index in [0.29, 0.717) is 28.5 Å². The molecule has 0 spiro atoms. The van der Waals surface area contributed by atoms with Crippen LogP contribution in [0.2, 0.25) is 0 Å². The summed E-state index contributed by atoms with van der Waals surface area (Å²) in [5.74, 6) is 0.685. The van der Waals surface area contributed by atoms with Crippen LogP contribution in [0.1, 0.15) is 18.9 Å². The van der Waals surface area contributed by atoms with Crippen LogP contribution in [-0.4, -0.2) is 17.3 Å². The number of aromatic hydroxyl groups is 2. The van der Waals surface area contributed by atoms with E-state index in [9.17, 15) is 10.2 Å². The molecule has 0 saturated heterocycles. The molecule has 0 aliphatic carbocycles. The number of methoxy groups -OCH3 is 1. The first-order chi connectivity index (χ1) is 8.20. The van der Waals surface area contributed by atoms with E-state index in [1.165, 1.54) is 7.11 Å². The predicted molar refractivity (Wildman–Crippen MR) is 67.8 cm³/mol. The Balaban J connectivity index is 2.83. The molecule has 0 radical (unpaired) electrons. The fraction of sp³-hybridized carbons (Fsp3) is 0.286. The molecule has 0 aliphatic heterocycles. The molecule has 2 aromatic rings. The van der Waals surface area contributed by atoms with Gasteiger partial charge in [0.05, 0.1) is 7.11 Å². The van der Waals surface area contributed by atoms with Crippen molar-refractivity contribution in [3.8, 4) is 17.2 Å². The maximum absolute atomic E-state index is 10.2. The van der Waals surface area contributed by atoms with Crippen LogP contribution in [0, 0.1) is 0 Å². The molecule has 0 saturated carbocycles. The first kappa shape index (κ1) is 11.6. The number of rotatable bonds is 3. The highest BCUT2D eigenvalue weighted by Gasteiger charge is 2.18. The first-order valence-electron chi connectivity index (χ1n) is 5.70. The lowest BCUT2D eigenvalue weighted by atomic mass is 10.00. The highest BCUT2D eigenvalue weighted by atomic mass is 16.5. The average molecular weight is 232 g/mol. The topological polar surface area (TPSA) is 49.7 Å². The van der Waals surface area contributed by atoms with E-state index in [0.717, 1.165) is 6.42 Å². The molecule has 2 aromatic carbocycles. The Hall–Kier alpha value is -1.90. The third kappa shape index (κ3) is 1.78. The van der Waals surface area contributed by atoms with Gasteiger partial charge >= 0.3 is 0 Å². The predicted octanol–water partition coefficient (Wildman–Crippen LogP) is 3.21. The van der Waals surface area contributed by atoms with Gasteiger partial charge in [-0.1, -0.05) is 37.6 Å². The van der Waals surface area contributed by atoms with Crippen molar-refractivity contribution < 1.29 is 14.9 Å². The monoisotopic (exact) mass is 232 g/mol. The number of phenols is 2. The summed E-state index contributed by atoms with van der Waals surface area (Å²) in [6.07, 6.45) is 1.55. The SMILES string of the molecule is CCCc1c(OC)c(O)c2ccccc2c1O. The van der Waals surface area contributed by atoms with Crippen LogP contribution in [0.25, 0.3) is 10.8 Å². The van der Waals surface area contributed by atoms with Crippen molar-refractivity contribution >= 4 is 10.8 Å². The van der Waals surface area contributed by atoms with Gasteiger partial charge in [-0.05, 0) is 6.42 Å². The zero-order chi connectivity index (χ0) is 12.4. The van der Waals surface area contributed by atoms with Gasteiger partial charge in [-0.2, -0.15) is 0 Å². The maximum Gasteiger partial charge on any atom is 0.168 e. The van der Waals surface area contributed by atoms with Gasteiger partial charge in [-0.25, -0.2) is 0 Å². The number of phenolic OH excluding ortho intramolecular Hbond substituents is 2. The third-order valence-electron chi connectivity index (χ3n) is 2.92. The van der Waals surface area contributed by atoms with Crippen molar-refractivity contribution in [2.24, 2.45) is 0 Å². The molecule has 0 atom stereocenters. The standard InChI is InChI=1S/C14H16O3/c1-3-6-11-12(15)9-7-4-5-8-10(9)13(16)14(11)17-2/h4-5,7-8,15-16H,3,6H2,1-2H3. The summed E-state index contributed by atoms with van der Waals surface area (Å²) in [4.78, 5) is 0. The Morgan fingerprint density at radius 3 is 2.18 bits per heavy atom. The lowest BCUT2D eigenvalue weighted by Crippen LogP contribution is -1.94. The fourth-order valence-corrected chi connectivity index (χ4v) is 2.13. The molecule has 2 rings (SSSR count). The molecule has 0 fully saturated rings. The zero-order valence-electron chi connectivity index (χ0n) is 10.0. The molecular formula is C14H16O3. The average Bonchev–Trinajstić information content (AvgIpc) is 2.36. The third-order valence-corrected chi connectivity index (χ3v) is 2.92. The highest BCUT2D eigenvalue weighted by molar-refractivity contribution is 5.96. The zero-order valence-corrected chi connectivity index (χ0v) is 10.0. The summed E-state index contributed by atoms with van der Waals surface area (Å²) in [6.45, 7) is 2.02. The molecule has 2 N–H and O–H groups in total. The van der Waals surface area contributed by atoms with Gasteiger partial charge in [0.25, 0.3) is 0 Å². The van der Waals surface area contributed by atoms with Crippen LogP contribution in [0.5, 0.6) is 17.2 Å². The summed E-state index contributed by atoms with van der Waals surface area (Å²) in [5, 5.41) is 21.6. The second kappa shape index (κ2) is 4.53. The fourth-order valence-electron chi connectivity index (χ4n) is 2.13. The highest BCUT2D eigenvalue weighted by Crippen LogP contribution is 2.44. The molecule has 0 bridgehead atoms. The molecule has 3 heteroatoms. The van der Waals surface area contributed by atoms with E-state index < -0.39 is 0 Å². The number of hydrogen-bond acceptors (Lipinski definition) is 3. The summed E-state index contributed by atoms with van der Waals surface area (Å²) in [6, 6.07) is 7.22. The van der Waals surface area contributed by atoms with Crippen molar-refractivity contribution in [1.82, 2.24) is 0 Å². The van der Waals surface area contributed by atoms with Gasteiger partial charge < -0.3 is 14.9 Å². The minimum absolute atomic E-state index is 0.101. The molecule has 0 aromatic heterocycles. The molecule has 90 valence electrons. The second-order valence-electron chi connectivity index (χ2n) is 4.00. The van der Waals surface area contributed by atoms with Gasteiger partial charge in [-0.3, -0.25) is 0 Å². The van der Waals surface area contributed by atoms with Crippen LogP contribution < -0.4 is 4.74 Å². The lowest BCUT2D eigenvalue weighted by Gasteiger charge is -2.14. The van der Waals surface area contributed by atoms with Crippen molar-refractivity contribution in [2.75, 3.05) is 7.11 Å². The Bertz CT molecular complexity index is 547. The Kier molecular flexibility index (Phi) is 3.09. The summed E-state index contributed by atoms with van der Waals surface area (Å²) < 4.78 is 5.21. The van der Waals surface area contributed by atoms with Crippen LogP contribution in [0.3, 0.4) is 0 Å². The van der Waals surface area contributed by atoms with E-state index in [1.54, 1.807) is 12.1 Å². The van der Waals surface area contributed by atoms with E-state index in [4.69, 9.17) is 4.74 Å². The minimum Gasteiger partial charge on any atom is -0.507 e. The smallest absolute Gasteiger partial charge is 0.168 e. The Labute approximate surface area is 100 Å². The molecule has 17 heavy (non-hydrogen) atoms. The number of hydrogen-bond donors (Lipinski definition) is 2.